The summed E-state index contributed by atoms with van der Waals surface area (Å²) in [5, 5.41) is 0. The number of ether oxygens (including phenoxy) is 1. The Hall–Kier alpha value is -0.980. The number of methoxy groups -OCH3 is 1. The zero-order valence-corrected chi connectivity index (χ0v) is 11.1. The molecule has 88 valence electrons. The van der Waals surface area contributed by atoms with Gasteiger partial charge in [0.05, 0.1) is 7.11 Å². The molecule has 0 spiro atoms. The molecule has 1 heteroatoms. The molecule has 0 aliphatic heterocycles. The highest BCUT2D eigenvalue weighted by Crippen LogP contribution is 2.18. The van der Waals surface area contributed by atoms with Gasteiger partial charge < -0.3 is 4.74 Å². The summed E-state index contributed by atoms with van der Waals surface area (Å²) in [7, 11) is 1.72. The van der Waals surface area contributed by atoms with Crippen molar-refractivity contribution in [3.8, 4) is 5.75 Å². The van der Waals surface area contributed by atoms with Crippen LogP contribution >= 0.6 is 0 Å². The van der Waals surface area contributed by atoms with E-state index >= 15 is 0 Å². The minimum atomic E-state index is 1.01. The Labute approximate surface area is 95.5 Å². The van der Waals surface area contributed by atoms with E-state index in [1.165, 1.54) is 12.0 Å². The summed E-state index contributed by atoms with van der Waals surface area (Å²) in [6.07, 6.45) is 2.27. The van der Waals surface area contributed by atoms with Crippen LogP contribution < -0.4 is 4.74 Å². The number of hydrogen-bond donors (Lipinski definition) is 0. The normalized spacial score (nSPS) is 7.87. The zero-order valence-electron chi connectivity index (χ0n) is 11.1. The van der Waals surface area contributed by atoms with E-state index in [1.54, 1.807) is 7.11 Å². The van der Waals surface area contributed by atoms with Gasteiger partial charge in [0.1, 0.15) is 5.75 Å². The van der Waals surface area contributed by atoms with E-state index in [4.69, 9.17) is 4.74 Å². The summed E-state index contributed by atoms with van der Waals surface area (Å²) >= 11 is 0. The zero-order chi connectivity index (χ0) is 12.1. The van der Waals surface area contributed by atoms with Crippen LogP contribution in [-0.2, 0) is 6.42 Å². The van der Waals surface area contributed by atoms with Gasteiger partial charge in [0, 0.05) is 0 Å². The second-order valence-electron chi connectivity index (χ2n) is 2.56. The third-order valence-electron chi connectivity index (χ3n) is 1.71. The molecule has 15 heavy (non-hydrogen) atoms. The molecule has 0 radical (unpaired) electrons. The van der Waals surface area contributed by atoms with E-state index in [0.29, 0.717) is 0 Å². The van der Waals surface area contributed by atoms with Crippen molar-refractivity contribution in [2.24, 2.45) is 0 Å². The molecule has 0 aromatic heterocycles. The average molecular weight is 210 g/mol. The standard InChI is InChI=1S/C10H14O.2C2H6/c1-3-6-9-7-4-5-8-10(9)11-2;2*1-2/h4-5,7-8H,3,6H2,1-2H3;2*1-2H3. The third-order valence-corrected chi connectivity index (χ3v) is 1.71. The molecular weight excluding hydrogens is 184 g/mol. The number of aryl methyl sites for hydroxylation is 1. The van der Waals surface area contributed by atoms with Crippen molar-refractivity contribution in [1.82, 2.24) is 0 Å². The molecule has 1 aromatic carbocycles. The van der Waals surface area contributed by atoms with Gasteiger partial charge in [-0.25, -0.2) is 0 Å². The van der Waals surface area contributed by atoms with Gasteiger partial charge >= 0.3 is 0 Å². The summed E-state index contributed by atoms with van der Waals surface area (Å²) in [5.74, 6) is 1.01. The van der Waals surface area contributed by atoms with Crippen molar-refractivity contribution in [3.05, 3.63) is 29.8 Å². The molecule has 0 fully saturated rings. The second kappa shape index (κ2) is 13.0. The molecule has 0 atom stereocenters. The van der Waals surface area contributed by atoms with Crippen molar-refractivity contribution < 1.29 is 4.74 Å². The van der Waals surface area contributed by atoms with Gasteiger partial charge in [-0.1, -0.05) is 59.2 Å². The van der Waals surface area contributed by atoms with E-state index in [-0.39, 0.29) is 0 Å². The monoisotopic (exact) mass is 210 g/mol. The molecule has 0 unspecified atom stereocenters. The molecular formula is C14H26O. The Morgan fingerprint density at radius 3 is 2.00 bits per heavy atom. The lowest BCUT2D eigenvalue weighted by atomic mass is 10.1. The average Bonchev–Trinajstić information content (AvgIpc) is 2.35. The van der Waals surface area contributed by atoms with Crippen LogP contribution in [0.15, 0.2) is 24.3 Å². The first-order valence-electron chi connectivity index (χ1n) is 6.00. The van der Waals surface area contributed by atoms with Crippen LogP contribution in [0.4, 0.5) is 0 Å². The van der Waals surface area contributed by atoms with Gasteiger partial charge in [-0.05, 0) is 18.1 Å². The molecule has 1 rings (SSSR count). The van der Waals surface area contributed by atoms with Crippen molar-refractivity contribution in [2.45, 2.75) is 47.5 Å². The first kappa shape index (κ1) is 16.4. The maximum absolute atomic E-state index is 5.20. The van der Waals surface area contributed by atoms with Gasteiger partial charge in [-0.2, -0.15) is 0 Å². The molecule has 0 aliphatic rings. The third kappa shape index (κ3) is 7.01. The van der Waals surface area contributed by atoms with Crippen molar-refractivity contribution in [3.63, 3.8) is 0 Å². The highest BCUT2D eigenvalue weighted by molar-refractivity contribution is 5.33. The predicted octanol–water partition coefficient (Wildman–Crippen LogP) is 4.70. The van der Waals surface area contributed by atoms with Crippen molar-refractivity contribution >= 4 is 0 Å². The molecule has 0 N–H and O–H groups in total. The first-order chi connectivity index (χ1) is 7.38. The maximum atomic E-state index is 5.20. The van der Waals surface area contributed by atoms with Crippen LogP contribution in [0.5, 0.6) is 5.75 Å². The summed E-state index contributed by atoms with van der Waals surface area (Å²) < 4.78 is 5.20. The highest BCUT2D eigenvalue weighted by atomic mass is 16.5. The predicted molar refractivity (Wildman–Crippen MR) is 69.7 cm³/mol. The molecule has 0 aliphatic carbocycles. The van der Waals surface area contributed by atoms with E-state index in [0.717, 1.165) is 12.2 Å². The van der Waals surface area contributed by atoms with Crippen LogP contribution in [0.2, 0.25) is 0 Å². The van der Waals surface area contributed by atoms with Crippen LogP contribution in [-0.4, -0.2) is 7.11 Å². The molecule has 0 heterocycles. The number of rotatable bonds is 3. The quantitative estimate of drug-likeness (QED) is 0.702. The fourth-order valence-corrected chi connectivity index (χ4v) is 1.18. The van der Waals surface area contributed by atoms with Gasteiger partial charge in [0.2, 0.25) is 0 Å². The molecule has 1 aromatic rings. The molecule has 0 saturated carbocycles. The van der Waals surface area contributed by atoms with Gasteiger partial charge in [-0.15, -0.1) is 0 Å². The largest absolute Gasteiger partial charge is 0.496 e. The molecule has 1 nitrogen and oxygen atoms in total. The van der Waals surface area contributed by atoms with Crippen LogP contribution in [0.1, 0.15) is 46.6 Å². The Balaban J connectivity index is 0. The van der Waals surface area contributed by atoms with Gasteiger partial charge in [-0.3, -0.25) is 0 Å². The minimum Gasteiger partial charge on any atom is -0.496 e. The van der Waals surface area contributed by atoms with Gasteiger partial charge in [0.15, 0.2) is 0 Å². The Morgan fingerprint density at radius 1 is 1.00 bits per heavy atom. The molecule has 0 bridgehead atoms. The smallest absolute Gasteiger partial charge is 0.122 e. The van der Waals surface area contributed by atoms with E-state index in [9.17, 15) is 0 Å². The van der Waals surface area contributed by atoms with Crippen molar-refractivity contribution in [2.75, 3.05) is 7.11 Å². The van der Waals surface area contributed by atoms with Crippen LogP contribution in [0.3, 0.4) is 0 Å². The number of para-hydroxylation sites is 1. The summed E-state index contributed by atoms with van der Waals surface area (Å²) in [6.45, 7) is 10.2. The molecule has 0 saturated heterocycles. The van der Waals surface area contributed by atoms with Crippen LogP contribution in [0, 0.1) is 0 Å². The Kier molecular flexibility index (Phi) is 14.3. The summed E-state index contributed by atoms with van der Waals surface area (Å²) in [5.41, 5.74) is 1.30. The Morgan fingerprint density at radius 2 is 1.53 bits per heavy atom. The number of benzene rings is 1. The van der Waals surface area contributed by atoms with Crippen molar-refractivity contribution in [1.29, 1.82) is 0 Å². The maximum Gasteiger partial charge on any atom is 0.122 e. The second-order valence-corrected chi connectivity index (χ2v) is 2.56. The lowest BCUT2D eigenvalue weighted by Gasteiger charge is -2.05. The topological polar surface area (TPSA) is 9.23 Å². The fourth-order valence-electron chi connectivity index (χ4n) is 1.18. The summed E-state index contributed by atoms with van der Waals surface area (Å²) in [6, 6.07) is 8.17. The molecule has 0 amide bonds. The lowest BCUT2D eigenvalue weighted by Crippen LogP contribution is -1.90. The number of hydrogen-bond acceptors (Lipinski definition) is 1. The Bertz CT molecular complexity index is 218. The lowest BCUT2D eigenvalue weighted by molar-refractivity contribution is 0.409. The van der Waals surface area contributed by atoms with E-state index < -0.39 is 0 Å². The first-order valence-corrected chi connectivity index (χ1v) is 6.00. The fraction of sp³-hybridized carbons (Fsp3) is 0.571. The van der Waals surface area contributed by atoms with E-state index in [1.807, 2.05) is 45.9 Å². The summed E-state index contributed by atoms with van der Waals surface area (Å²) in [4.78, 5) is 0. The highest BCUT2D eigenvalue weighted by Gasteiger charge is 1.97. The van der Waals surface area contributed by atoms with Gasteiger partial charge in [0.25, 0.3) is 0 Å². The van der Waals surface area contributed by atoms with Crippen LogP contribution in [0.25, 0.3) is 0 Å². The van der Waals surface area contributed by atoms with E-state index in [2.05, 4.69) is 13.0 Å². The SMILES string of the molecule is CC.CC.CCCc1ccccc1OC. The minimum absolute atomic E-state index is 1.01.